The number of amides is 1. The molecule has 1 aliphatic rings. The van der Waals surface area contributed by atoms with Crippen molar-refractivity contribution in [3.8, 4) is 28.5 Å². The summed E-state index contributed by atoms with van der Waals surface area (Å²) >= 11 is 2.44. The van der Waals surface area contributed by atoms with Gasteiger partial charge < -0.3 is 14.5 Å². The molecule has 192 valence electrons. The number of aromatic nitrogens is 3. The molecule has 1 saturated heterocycles. The maximum absolute atomic E-state index is 12.7. The summed E-state index contributed by atoms with van der Waals surface area (Å²) < 4.78 is 37.7. The minimum absolute atomic E-state index is 0.0616. The maximum Gasteiger partial charge on any atom is 0.277 e. The molecule has 0 saturated carbocycles. The number of anilines is 1. The fourth-order valence-electron chi connectivity index (χ4n) is 3.74. The number of ether oxygens (including phenoxy) is 1. The van der Waals surface area contributed by atoms with Crippen LogP contribution >= 0.6 is 23.1 Å². The third kappa shape index (κ3) is 5.85. The normalized spacial score (nSPS) is 14.1. The molecule has 0 atom stereocenters. The molecule has 13 heteroatoms. The summed E-state index contributed by atoms with van der Waals surface area (Å²) in [7, 11) is -1.87. The van der Waals surface area contributed by atoms with Crippen molar-refractivity contribution in [3.63, 3.8) is 0 Å². The van der Waals surface area contributed by atoms with E-state index in [4.69, 9.17) is 9.15 Å². The van der Waals surface area contributed by atoms with Gasteiger partial charge in [-0.25, -0.2) is 13.4 Å². The number of sulfonamides is 1. The molecule has 4 aromatic rings. The first-order valence-electron chi connectivity index (χ1n) is 11.4. The molecule has 0 spiro atoms. The zero-order chi connectivity index (χ0) is 25.8. The van der Waals surface area contributed by atoms with Gasteiger partial charge in [-0.15, -0.1) is 21.5 Å². The molecular weight excluding hydrogens is 534 g/mol. The molecule has 10 nitrogen and oxygen atoms in total. The van der Waals surface area contributed by atoms with Crippen molar-refractivity contribution in [2.24, 2.45) is 0 Å². The quantitative estimate of drug-likeness (QED) is 0.298. The monoisotopic (exact) mass is 557 g/mol. The van der Waals surface area contributed by atoms with Gasteiger partial charge in [0.15, 0.2) is 5.13 Å². The van der Waals surface area contributed by atoms with Crippen LogP contribution < -0.4 is 10.1 Å². The number of methoxy groups -OCH3 is 1. The molecule has 0 unspecified atom stereocenters. The van der Waals surface area contributed by atoms with Crippen LogP contribution in [-0.4, -0.2) is 59.8 Å². The predicted octanol–water partition coefficient (Wildman–Crippen LogP) is 4.38. The average Bonchev–Trinajstić information content (AvgIpc) is 3.70. The summed E-state index contributed by atoms with van der Waals surface area (Å²) in [5.74, 6) is 0.816. The lowest BCUT2D eigenvalue weighted by Gasteiger charge is -2.15. The van der Waals surface area contributed by atoms with Gasteiger partial charge in [0, 0.05) is 29.6 Å². The highest BCUT2D eigenvalue weighted by Crippen LogP contribution is 2.28. The predicted molar refractivity (Wildman–Crippen MR) is 141 cm³/mol. The molecule has 37 heavy (non-hydrogen) atoms. The van der Waals surface area contributed by atoms with E-state index in [0.717, 1.165) is 41.6 Å². The van der Waals surface area contributed by atoms with Gasteiger partial charge in [0.05, 0.1) is 23.5 Å². The van der Waals surface area contributed by atoms with Gasteiger partial charge in [0.2, 0.25) is 21.8 Å². The van der Waals surface area contributed by atoms with Crippen LogP contribution in [0.3, 0.4) is 0 Å². The maximum atomic E-state index is 12.7. The van der Waals surface area contributed by atoms with E-state index >= 15 is 0 Å². The van der Waals surface area contributed by atoms with Crippen molar-refractivity contribution < 1.29 is 22.4 Å². The van der Waals surface area contributed by atoms with E-state index in [0.29, 0.717) is 23.8 Å². The molecule has 1 fully saturated rings. The molecule has 5 rings (SSSR count). The van der Waals surface area contributed by atoms with E-state index in [-0.39, 0.29) is 27.7 Å². The standard InChI is InChI=1S/C24H23N5O5S3/c1-33-18-8-4-16(5-9-18)20-14-35-23(25-20)26-21(30)15-36-24-28-27-22(34-24)17-6-10-19(11-7-17)37(31,32)29-12-2-3-13-29/h4-11,14H,2-3,12-13,15H2,1H3,(H,25,26,30). The highest BCUT2D eigenvalue weighted by Gasteiger charge is 2.27. The first-order valence-corrected chi connectivity index (χ1v) is 14.7. The van der Waals surface area contributed by atoms with Gasteiger partial charge >= 0.3 is 0 Å². The van der Waals surface area contributed by atoms with Gasteiger partial charge in [0.25, 0.3) is 5.22 Å². The van der Waals surface area contributed by atoms with Gasteiger partial charge in [-0.3, -0.25) is 4.79 Å². The molecule has 0 bridgehead atoms. The van der Waals surface area contributed by atoms with E-state index in [9.17, 15) is 13.2 Å². The molecule has 0 aliphatic carbocycles. The number of nitrogens with zero attached hydrogens (tertiary/aromatic N) is 4. The third-order valence-corrected chi connectivity index (χ3v) is 9.16. The zero-order valence-corrected chi connectivity index (χ0v) is 22.2. The Labute approximate surface area is 222 Å². The molecule has 2 aromatic carbocycles. The number of carbonyl (C=O) groups is 1. The molecular formula is C24H23N5O5S3. The fourth-order valence-corrected chi connectivity index (χ4v) is 6.56. The van der Waals surface area contributed by atoms with Crippen LogP contribution in [0.15, 0.2) is 68.4 Å². The smallest absolute Gasteiger partial charge is 0.277 e. The zero-order valence-electron chi connectivity index (χ0n) is 19.8. The van der Waals surface area contributed by atoms with Gasteiger partial charge in [0.1, 0.15) is 5.75 Å². The number of thioether (sulfide) groups is 1. The summed E-state index contributed by atoms with van der Waals surface area (Å²) in [5.41, 5.74) is 2.28. The number of benzene rings is 2. The number of rotatable bonds is 9. The number of hydrogen-bond acceptors (Lipinski definition) is 10. The molecule has 0 radical (unpaired) electrons. The molecule has 1 aliphatic heterocycles. The number of thiazole rings is 1. The summed E-state index contributed by atoms with van der Waals surface area (Å²) in [6.45, 7) is 1.10. The first-order chi connectivity index (χ1) is 17.9. The summed E-state index contributed by atoms with van der Waals surface area (Å²) in [6.07, 6.45) is 1.76. The summed E-state index contributed by atoms with van der Waals surface area (Å²) in [5, 5.41) is 13.4. The molecule has 3 heterocycles. The lowest BCUT2D eigenvalue weighted by Crippen LogP contribution is -2.27. The lowest BCUT2D eigenvalue weighted by molar-refractivity contribution is -0.113. The van der Waals surface area contributed by atoms with Crippen LogP contribution in [0.2, 0.25) is 0 Å². The van der Waals surface area contributed by atoms with E-state index in [1.165, 1.54) is 15.6 Å². The Morgan fingerprint density at radius 2 is 1.78 bits per heavy atom. The molecule has 1 amide bonds. The van der Waals surface area contributed by atoms with Gasteiger partial charge in [-0.05, 0) is 61.4 Å². The highest BCUT2D eigenvalue weighted by molar-refractivity contribution is 7.99. The fraction of sp³-hybridized carbons (Fsp3) is 0.250. The molecule has 1 N–H and O–H groups in total. The number of nitrogens with one attached hydrogen (secondary N) is 1. The minimum atomic E-state index is -3.48. The first kappa shape index (κ1) is 25.4. The SMILES string of the molecule is COc1ccc(-c2csc(NC(=O)CSc3nnc(-c4ccc(S(=O)(=O)N5CCCC5)cc4)o3)n2)cc1. The highest BCUT2D eigenvalue weighted by atomic mass is 32.2. The van der Waals surface area contributed by atoms with E-state index in [1.807, 2.05) is 29.6 Å². The Morgan fingerprint density at radius 3 is 2.49 bits per heavy atom. The van der Waals surface area contributed by atoms with Crippen LogP contribution in [-0.2, 0) is 14.8 Å². The Balaban J connectivity index is 1.15. The van der Waals surface area contributed by atoms with Crippen molar-refractivity contribution in [1.82, 2.24) is 19.5 Å². The van der Waals surface area contributed by atoms with Crippen molar-refractivity contribution in [3.05, 3.63) is 53.9 Å². The van der Waals surface area contributed by atoms with E-state index in [2.05, 4.69) is 20.5 Å². The second-order valence-electron chi connectivity index (χ2n) is 8.11. The summed E-state index contributed by atoms with van der Waals surface area (Å²) in [4.78, 5) is 17.1. The Morgan fingerprint density at radius 1 is 1.08 bits per heavy atom. The van der Waals surface area contributed by atoms with Crippen LogP contribution in [0.1, 0.15) is 12.8 Å². The van der Waals surface area contributed by atoms with Crippen molar-refractivity contribution in [1.29, 1.82) is 0 Å². The summed E-state index contributed by atoms with van der Waals surface area (Å²) in [6, 6.07) is 13.9. The van der Waals surface area contributed by atoms with Crippen LogP contribution in [0, 0.1) is 0 Å². The Bertz CT molecular complexity index is 1480. The van der Waals surface area contributed by atoms with E-state index in [1.54, 1.807) is 31.4 Å². The minimum Gasteiger partial charge on any atom is -0.497 e. The third-order valence-electron chi connectivity index (χ3n) is 5.67. The van der Waals surface area contributed by atoms with E-state index < -0.39 is 10.0 Å². The van der Waals surface area contributed by atoms with Crippen molar-refractivity contribution in [2.75, 3.05) is 31.3 Å². The Hall–Kier alpha value is -3.26. The molecule has 2 aromatic heterocycles. The van der Waals surface area contributed by atoms with Crippen LogP contribution in [0.5, 0.6) is 5.75 Å². The van der Waals surface area contributed by atoms with Crippen molar-refractivity contribution >= 4 is 44.2 Å². The second-order valence-corrected chi connectivity index (χ2v) is 11.8. The largest absolute Gasteiger partial charge is 0.497 e. The topological polar surface area (TPSA) is 128 Å². The average molecular weight is 558 g/mol. The second kappa shape index (κ2) is 11.0. The van der Waals surface area contributed by atoms with Gasteiger partial charge in [-0.1, -0.05) is 11.8 Å². The number of hydrogen-bond donors (Lipinski definition) is 1. The lowest BCUT2D eigenvalue weighted by atomic mass is 10.2. The van der Waals surface area contributed by atoms with Crippen LogP contribution in [0.4, 0.5) is 5.13 Å². The Kier molecular flexibility index (Phi) is 7.55. The van der Waals surface area contributed by atoms with Crippen molar-refractivity contribution in [2.45, 2.75) is 23.0 Å². The number of carbonyl (C=O) groups excluding carboxylic acids is 1. The van der Waals surface area contributed by atoms with Crippen LogP contribution in [0.25, 0.3) is 22.7 Å². The van der Waals surface area contributed by atoms with Gasteiger partial charge in [-0.2, -0.15) is 4.31 Å².